The van der Waals surface area contributed by atoms with Gasteiger partial charge >= 0.3 is 0 Å². The van der Waals surface area contributed by atoms with Gasteiger partial charge in [-0.2, -0.15) is 0 Å². The Hall–Kier alpha value is -0.410. The maximum atomic E-state index is 10.5. The highest BCUT2D eigenvalue weighted by Gasteiger charge is 2.21. The van der Waals surface area contributed by atoms with Crippen LogP contribution in [0.1, 0.15) is 19.3 Å². The number of aldehydes is 1. The number of hydrogen-bond acceptors (Lipinski definition) is 3. The molecule has 3 heteroatoms. The molecule has 2 atom stereocenters. The molecule has 1 N–H and O–H groups in total. The summed E-state index contributed by atoms with van der Waals surface area (Å²) in [5.41, 5.74) is 0. The van der Waals surface area contributed by atoms with Crippen molar-refractivity contribution in [3.63, 3.8) is 0 Å². The Bertz CT molecular complexity index is 121. The smallest absolute Gasteiger partial charge is 0.150 e. The fourth-order valence-corrected chi connectivity index (χ4v) is 1.47. The number of ether oxygens (including phenoxy) is 1. The lowest BCUT2D eigenvalue weighted by Crippen LogP contribution is -2.44. The van der Waals surface area contributed by atoms with Crippen LogP contribution in [-0.4, -0.2) is 32.1 Å². The van der Waals surface area contributed by atoms with E-state index in [0.29, 0.717) is 0 Å². The van der Waals surface area contributed by atoms with Gasteiger partial charge in [-0.25, -0.2) is 0 Å². The van der Waals surface area contributed by atoms with Crippen LogP contribution in [0.3, 0.4) is 0 Å². The molecule has 0 bridgehead atoms. The summed E-state index contributed by atoms with van der Waals surface area (Å²) < 4.78 is 5.01. The maximum Gasteiger partial charge on any atom is 0.150 e. The quantitative estimate of drug-likeness (QED) is 0.600. The molecule has 0 saturated carbocycles. The topological polar surface area (TPSA) is 38.3 Å². The van der Waals surface area contributed by atoms with Gasteiger partial charge in [0.15, 0.2) is 0 Å². The third-order valence-electron chi connectivity index (χ3n) is 2.15. The van der Waals surface area contributed by atoms with Crippen molar-refractivity contribution in [1.29, 1.82) is 0 Å². The van der Waals surface area contributed by atoms with Gasteiger partial charge in [0, 0.05) is 13.2 Å². The van der Waals surface area contributed by atoms with Gasteiger partial charge in [-0.05, 0) is 19.4 Å². The van der Waals surface area contributed by atoms with E-state index in [9.17, 15) is 4.79 Å². The molecule has 0 amide bonds. The summed E-state index contributed by atoms with van der Waals surface area (Å²) in [4.78, 5) is 10.5. The van der Waals surface area contributed by atoms with Crippen molar-refractivity contribution in [1.82, 2.24) is 5.32 Å². The summed E-state index contributed by atoms with van der Waals surface area (Å²) in [6, 6.07) is 0.242. The first kappa shape index (κ1) is 8.68. The Kier molecular flexibility index (Phi) is 3.52. The third-order valence-corrected chi connectivity index (χ3v) is 2.15. The number of carbonyl (C=O) groups excluding carboxylic acids is 1. The molecule has 0 spiro atoms. The van der Waals surface area contributed by atoms with Gasteiger partial charge in [0.25, 0.3) is 0 Å². The molecule has 0 aromatic rings. The molecule has 1 heterocycles. The summed E-state index contributed by atoms with van der Waals surface area (Å²) in [7, 11) is 1.58. The second kappa shape index (κ2) is 4.46. The highest BCUT2D eigenvalue weighted by molar-refractivity contribution is 5.57. The Morgan fingerprint density at radius 1 is 1.64 bits per heavy atom. The van der Waals surface area contributed by atoms with Gasteiger partial charge < -0.3 is 14.8 Å². The van der Waals surface area contributed by atoms with Crippen LogP contribution in [0.15, 0.2) is 0 Å². The number of rotatable bonds is 3. The zero-order chi connectivity index (χ0) is 8.10. The lowest BCUT2D eigenvalue weighted by atomic mass is 10.0. The molecule has 0 aromatic heterocycles. The first-order valence-corrected chi connectivity index (χ1v) is 4.10. The average Bonchev–Trinajstić information content (AvgIpc) is 2.09. The Balaban J connectivity index is 2.35. The standard InChI is InChI=1S/C8H15NO2/c1-11-8(6-10)7-4-2-3-5-9-7/h6-9H,2-5H2,1H3. The monoisotopic (exact) mass is 157 g/mol. The molecule has 2 unspecified atom stereocenters. The van der Waals surface area contributed by atoms with E-state index in [2.05, 4.69) is 5.32 Å². The van der Waals surface area contributed by atoms with Crippen molar-refractivity contribution in [3.05, 3.63) is 0 Å². The van der Waals surface area contributed by atoms with Crippen LogP contribution < -0.4 is 5.32 Å². The van der Waals surface area contributed by atoms with E-state index in [4.69, 9.17) is 4.74 Å². The molecular formula is C8H15NO2. The normalized spacial score (nSPS) is 27.9. The SMILES string of the molecule is COC(C=O)C1CCCCN1. The van der Waals surface area contributed by atoms with Crippen LogP contribution in [0.5, 0.6) is 0 Å². The Labute approximate surface area is 67.1 Å². The van der Waals surface area contributed by atoms with Gasteiger partial charge in [0.05, 0.1) is 0 Å². The molecule has 0 aliphatic carbocycles. The van der Waals surface area contributed by atoms with Crippen molar-refractivity contribution in [3.8, 4) is 0 Å². The summed E-state index contributed by atoms with van der Waals surface area (Å²) in [5.74, 6) is 0. The maximum absolute atomic E-state index is 10.5. The van der Waals surface area contributed by atoms with E-state index in [1.54, 1.807) is 7.11 Å². The average molecular weight is 157 g/mol. The first-order chi connectivity index (χ1) is 5.38. The number of piperidine rings is 1. The van der Waals surface area contributed by atoms with Gasteiger partial charge in [0.1, 0.15) is 12.4 Å². The minimum atomic E-state index is -0.254. The van der Waals surface area contributed by atoms with E-state index < -0.39 is 0 Å². The molecule has 3 nitrogen and oxygen atoms in total. The van der Waals surface area contributed by atoms with Gasteiger partial charge in [-0.1, -0.05) is 6.42 Å². The minimum absolute atomic E-state index is 0.242. The molecule has 1 saturated heterocycles. The van der Waals surface area contributed by atoms with Crippen molar-refractivity contribution in [2.24, 2.45) is 0 Å². The van der Waals surface area contributed by atoms with Crippen molar-refractivity contribution >= 4 is 6.29 Å². The van der Waals surface area contributed by atoms with Gasteiger partial charge in [-0.3, -0.25) is 0 Å². The van der Waals surface area contributed by atoms with E-state index in [-0.39, 0.29) is 12.1 Å². The van der Waals surface area contributed by atoms with Crippen LogP contribution in [0.4, 0.5) is 0 Å². The molecule has 11 heavy (non-hydrogen) atoms. The molecule has 0 aromatic carbocycles. The van der Waals surface area contributed by atoms with Gasteiger partial charge in [0.2, 0.25) is 0 Å². The lowest BCUT2D eigenvalue weighted by molar-refractivity contribution is -0.118. The molecule has 1 fully saturated rings. The van der Waals surface area contributed by atoms with Crippen LogP contribution in [0.25, 0.3) is 0 Å². The second-order valence-corrected chi connectivity index (χ2v) is 2.89. The predicted molar refractivity (Wildman–Crippen MR) is 42.5 cm³/mol. The van der Waals surface area contributed by atoms with Crippen molar-refractivity contribution in [2.75, 3.05) is 13.7 Å². The van der Waals surface area contributed by atoms with Crippen LogP contribution in [0, 0.1) is 0 Å². The number of nitrogens with one attached hydrogen (secondary N) is 1. The minimum Gasteiger partial charge on any atom is -0.372 e. The summed E-state index contributed by atoms with van der Waals surface area (Å²) >= 11 is 0. The van der Waals surface area contributed by atoms with Crippen LogP contribution >= 0.6 is 0 Å². The first-order valence-electron chi connectivity index (χ1n) is 4.10. The number of methoxy groups -OCH3 is 1. The number of carbonyl (C=O) groups is 1. The Morgan fingerprint density at radius 2 is 2.45 bits per heavy atom. The van der Waals surface area contributed by atoms with Crippen LogP contribution in [-0.2, 0) is 9.53 Å². The van der Waals surface area contributed by atoms with E-state index >= 15 is 0 Å². The zero-order valence-electron chi connectivity index (χ0n) is 6.88. The molecule has 1 aliphatic heterocycles. The highest BCUT2D eigenvalue weighted by atomic mass is 16.5. The van der Waals surface area contributed by atoms with Gasteiger partial charge in [-0.15, -0.1) is 0 Å². The Morgan fingerprint density at radius 3 is 2.91 bits per heavy atom. The van der Waals surface area contributed by atoms with Crippen molar-refractivity contribution in [2.45, 2.75) is 31.4 Å². The summed E-state index contributed by atoms with van der Waals surface area (Å²) in [6.45, 7) is 1.01. The fraction of sp³-hybridized carbons (Fsp3) is 0.875. The van der Waals surface area contributed by atoms with E-state index in [1.807, 2.05) is 0 Å². The largest absolute Gasteiger partial charge is 0.372 e. The molecule has 1 rings (SSSR count). The van der Waals surface area contributed by atoms with E-state index in [1.165, 1.54) is 12.8 Å². The second-order valence-electron chi connectivity index (χ2n) is 2.89. The lowest BCUT2D eigenvalue weighted by Gasteiger charge is -2.26. The highest BCUT2D eigenvalue weighted by Crippen LogP contribution is 2.10. The summed E-state index contributed by atoms with van der Waals surface area (Å²) in [6.07, 6.45) is 4.09. The molecule has 0 radical (unpaired) electrons. The molecule has 64 valence electrons. The molecule has 1 aliphatic rings. The van der Waals surface area contributed by atoms with E-state index in [0.717, 1.165) is 19.3 Å². The molecular weight excluding hydrogens is 142 g/mol. The summed E-state index contributed by atoms with van der Waals surface area (Å²) in [5, 5.41) is 3.26. The zero-order valence-corrected chi connectivity index (χ0v) is 6.88. The van der Waals surface area contributed by atoms with Crippen molar-refractivity contribution < 1.29 is 9.53 Å². The predicted octanol–water partition coefficient (Wildman–Crippen LogP) is 0.342. The number of hydrogen-bond donors (Lipinski definition) is 1. The van der Waals surface area contributed by atoms with Crippen LogP contribution in [0.2, 0.25) is 0 Å². The fourth-order valence-electron chi connectivity index (χ4n) is 1.47. The third kappa shape index (κ3) is 2.27.